The SMILES string of the molecule is O=C1NC(=O)N(c2ccc3c(c2)OCO3)C(=O)C1=Cc1ccc(C(=O)O)cc1. The fourth-order valence-corrected chi connectivity index (χ4v) is 2.80. The van der Waals surface area contributed by atoms with Crippen LogP contribution in [0.3, 0.4) is 0 Å². The number of carboxylic acids is 1. The molecule has 0 aromatic heterocycles. The van der Waals surface area contributed by atoms with E-state index < -0.39 is 23.8 Å². The standard InChI is InChI=1S/C19H12N2O7/c22-16-13(7-10-1-3-11(4-2-10)18(24)25)17(23)21(19(26)20-16)12-5-6-14-15(8-12)28-9-27-14/h1-8H,9H2,(H,24,25)(H,20,22,26). The average molecular weight is 380 g/mol. The van der Waals surface area contributed by atoms with E-state index in [0.29, 0.717) is 17.1 Å². The largest absolute Gasteiger partial charge is 0.478 e. The van der Waals surface area contributed by atoms with E-state index in [1.54, 1.807) is 6.07 Å². The van der Waals surface area contributed by atoms with Gasteiger partial charge in [-0.05, 0) is 35.9 Å². The van der Waals surface area contributed by atoms with Crippen molar-refractivity contribution in [3.63, 3.8) is 0 Å². The van der Waals surface area contributed by atoms with Gasteiger partial charge in [-0.1, -0.05) is 12.1 Å². The lowest BCUT2D eigenvalue weighted by molar-refractivity contribution is -0.122. The second-order valence-electron chi connectivity index (χ2n) is 5.92. The van der Waals surface area contributed by atoms with Crippen LogP contribution in [0.15, 0.2) is 48.0 Å². The Hall–Kier alpha value is -4.14. The van der Waals surface area contributed by atoms with Gasteiger partial charge in [0.1, 0.15) is 5.57 Å². The number of urea groups is 1. The van der Waals surface area contributed by atoms with E-state index in [4.69, 9.17) is 14.6 Å². The number of carbonyl (C=O) groups is 4. The summed E-state index contributed by atoms with van der Waals surface area (Å²) in [6, 6.07) is 9.25. The number of carbonyl (C=O) groups excluding carboxylic acids is 3. The molecule has 2 N–H and O–H groups in total. The molecule has 0 radical (unpaired) electrons. The van der Waals surface area contributed by atoms with Gasteiger partial charge in [-0.25, -0.2) is 14.5 Å². The molecule has 0 saturated carbocycles. The summed E-state index contributed by atoms with van der Waals surface area (Å²) in [7, 11) is 0. The van der Waals surface area contributed by atoms with Crippen LogP contribution >= 0.6 is 0 Å². The number of anilines is 1. The molecule has 0 bridgehead atoms. The van der Waals surface area contributed by atoms with E-state index in [9.17, 15) is 19.2 Å². The molecule has 2 aromatic rings. The summed E-state index contributed by atoms with van der Waals surface area (Å²) < 4.78 is 10.5. The molecule has 0 atom stereocenters. The lowest BCUT2D eigenvalue weighted by Crippen LogP contribution is -2.54. The van der Waals surface area contributed by atoms with E-state index in [0.717, 1.165) is 4.90 Å². The number of hydrogen-bond acceptors (Lipinski definition) is 6. The van der Waals surface area contributed by atoms with Gasteiger partial charge in [0.15, 0.2) is 11.5 Å². The molecule has 0 unspecified atom stereocenters. The zero-order chi connectivity index (χ0) is 19.8. The van der Waals surface area contributed by atoms with Gasteiger partial charge in [0.2, 0.25) is 6.79 Å². The zero-order valence-electron chi connectivity index (χ0n) is 14.2. The first-order chi connectivity index (χ1) is 13.4. The molecule has 9 nitrogen and oxygen atoms in total. The number of imide groups is 2. The summed E-state index contributed by atoms with van der Waals surface area (Å²) in [5, 5.41) is 11.1. The van der Waals surface area contributed by atoms with E-state index >= 15 is 0 Å². The maximum Gasteiger partial charge on any atom is 0.335 e. The topological polar surface area (TPSA) is 122 Å². The van der Waals surface area contributed by atoms with Crippen LogP contribution in [-0.4, -0.2) is 35.7 Å². The number of fused-ring (bicyclic) bond motifs is 1. The number of aromatic carboxylic acids is 1. The Bertz CT molecular complexity index is 1060. The van der Waals surface area contributed by atoms with Gasteiger partial charge in [0.05, 0.1) is 11.3 Å². The quantitative estimate of drug-likeness (QED) is 0.615. The maximum absolute atomic E-state index is 12.8. The average Bonchev–Trinajstić information content (AvgIpc) is 3.13. The molecule has 1 saturated heterocycles. The van der Waals surface area contributed by atoms with Crippen molar-refractivity contribution >= 4 is 35.6 Å². The number of rotatable bonds is 3. The lowest BCUT2D eigenvalue weighted by Gasteiger charge is -2.26. The molecule has 9 heteroatoms. The van der Waals surface area contributed by atoms with E-state index in [1.165, 1.54) is 42.5 Å². The molecule has 140 valence electrons. The van der Waals surface area contributed by atoms with Gasteiger partial charge in [-0.3, -0.25) is 14.9 Å². The number of nitrogens with one attached hydrogen (secondary N) is 1. The predicted molar refractivity (Wildman–Crippen MR) is 95.0 cm³/mol. The monoisotopic (exact) mass is 380 g/mol. The number of nitrogens with zero attached hydrogens (tertiary/aromatic N) is 1. The van der Waals surface area contributed by atoms with Crippen molar-refractivity contribution < 1.29 is 33.8 Å². The minimum Gasteiger partial charge on any atom is -0.478 e. The minimum absolute atomic E-state index is 0.0366. The summed E-state index contributed by atoms with van der Waals surface area (Å²) in [6.45, 7) is 0.0366. The Morgan fingerprint density at radius 2 is 1.75 bits per heavy atom. The van der Waals surface area contributed by atoms with Crippen molar-refractivity contribution in [2.45, 2.75) is 0 Å². The fourth-order valence-electron chi connectivity index (χ4n) is 2.80. The van der Waals surface area contributed by atoms with Gasteiger partial charge in [-0.15, -0.1) is 0 Å². The van der Waals surface area contributed by atoms with Gasteiger partial charge in [-0.2, -0.15) is 0 Å². The molecule has 0 spiro atoms. The lowest BCUT2D eigenvalue weighted by atomic mass is 10.1. The second-order valence-corrected chi connectivity index (χ2v) is 5.92. The summed E-state index contributed by atoms with van der Waals surface area (Å²) in [4.78, 5) is 49.0. The van der Waals surface area contributed by atoms with Crippen molar-refractivity contribution in [1.29, 1.82) is 0 Å². The molecule has 4 amide bonds. The summed E-state index contributed by atoms with van der Waals surface area (Å²) >= 11 is 0. The first-order valence-corrected chi connectivity index (χ1v) is 8.08. The normalized spacial score (nSPS) is 17.1. The third-order valence-corrected chi connectivity index (χ3v) is 4.18. The van der Waals surface area contributed by atoms with Gasteiger partial charge in [0.25, 0.3) is 11.8 Å². The molecule has 0 aliphatic carbocycles. The van der Waals surface area contributed by atoms with Crippen molar-refractivity contribution in [2.75, 3.05) is 11.7 Å². The van der Waals surface area contributed by atoms with Gasteiger partial charge >= 0.3 is 12.0 Å². The highest BCUT2D eigenvalue weighted by molar-refractivity contribution is 6.39. The maximum atomic E-state index is 12.8. The van der Waals surface area contributed by atoms with Gasteiger partial charge in [0, 0.05) is 6.07 Å². The van der Waals surface area contributed by atoms with Crippen LogP contribution in [0.25, 0.3) is 6.08 Å². The Morgan fingerprint density at radius 1 is 1.04 bits per heavy atom. The number of carboxylic acid groups (broad SMARTS) is 1. The van der Waals surface area contributed by atoms with Crippen LogP contribution in [0.1, 0.15) is 15.9 Å². The fraction of sp³-hybridized carbons (Fsp3) is 0.0526. The number of amides is 4. The van der Waals surface area contributed by atoms with Crippen molar-refractivity contribution in [3.05, 3.63) is 59.2 Å². The van der Waals surface area contributed by atoms with Crippen molar-refractivity contribution in [2.24, 2.45) is 0 Å². The number of barbiturate groups is 1. The molecule has 4 rings (SSSR count). The zero-order valence-corrected chi connectivity index (χ0v) is 14.2. The first kappa shape index (κ1) is 17.3. The highest BCUT2D eigenvalue weighted by Gasteiger charge is 2.37. The van der Waals surface area contributed by atoms with E-state index in [1.807, 2.05) is 0 Å². The predicted octanol–water partition coefficient (Wildman–Crippen LogP) is 1.78. The first-order valence-electron chi connectivity index (χ1n) is 8.08. The van der Waals surface area contributed by atoms with Crippen LogP contribution in [0.2, 0.25) is 0 Å². The molecular weight excluding hydrogens is 368 g/mol. The summed E-state index contributed by atoms with van der Waals surface area (Å²) in [5.41, 5.74) is 0.453. The summed E-state index contributed by atoms with van der Waals surface area (Å²) in [5.74, 6) is -1.88. The smallest absolute Gasteiger partial charge is 0.335 e. The van der Waals surface area contributed by atoms with E-state index in [2.05, 4.69) is 5.32 Å². The molecule has 1 fully saturated rings. The third kappa shape index (κ3) is 2.94. The van der Waals surface area contributed by atoms with Gasteiger partial charge < -0.3 is 14.6 Å². The second kappa shape index (κ2) is 6.54. The molecule has 28 heavy (non-hydrogen) atoms. The molecular formula is C19H12N2O7. The van der Waals surface area contributed by atoms with Crippen LogP contribution in [-0.2, 0) is 9.59 Å². The Morgan fingerprint density at radius 3 is 2.46 bits per heavy atom. The number of hydrogen-bond donors (Lipinski definition) is 2. The molecule has 2 aliphatic heterocycles. The van der Waals surface area contributed by atoms with Crippen LogP contribution in [0, 0.1) is 0 Å². The third-order valence-electron chi connectivity index (χ3n) is 4.18. The minimum atomic E-state index is -1.09. The number of ether oxygens (including phenoxy) is 2. The van der Waals surface area contributed by atoms with Crippen LogP contribution in [0.5, 0.6) is 11.5 Å². The number of benzene rings is 2. The Labute approximate surface area is 157 Å². The molecule has 2 aliphatic rings. The Kier molecular flexibility index (Phi) is 4.04. The van der Waals surface area contributed by atoms with Crippen molar-refractivity contribution in [3.8, 4) is 11.5 Å². The molecule has 2 heterocycles. The highest BCUT2D eigenvalue weighted by Crippen LogP contribution is 2.36. The summed E-state index contributed by atoms with van der Waals surface area (Å²) in [6.07, 6.45) is 1.29. The van der Waals surface area contributed by atoms with Crippen LogP contribution in [0.4, 0.5) is 10.5 Å². The van der Waals surface area contributed by atoms with E-state index in [-0.39, 0.29) is 23.6 Å². The molecule has 2 aromatic carbocycles. The Balaban J connectivity index is 1.68. The van der Waals surface area contributed by atoms with Crippen LogP contribution < -0.4 is 19.7 Å². The highest BCUT2D eigenvalue weighted by atomic mass is 16.7. The van der Waals surface area contributed by atoms with Crippen molar-refractivity contribution in [1.82, 2.24) is 5.32 Å².